The molecule has 28 heavy (non-hydrogen) atoms. The van der Waals surface area contributed by atoms with Gasteiger partial charge in [-0.25, -0.2) is 4.98 Å². The van der Waals surface area contributed by atoms with Gasteiger partial charge in [-0.1, -0.05) is 55.5 Å². The van der Waals surface area contributed by atoms with Crippen molar-refractivity contribution in [2.75, 3.05) is 24.3 Å². The van der Waals surface area contributed by atoms with E-state index in [9.17, 15) is 0 Å². The SMILES string of the molecule is CCC(C)Nc1nc(NCCc2ccccc2OC)cc(-c2ccccc2)n1. The number of ether oxygens (including phenoxy) is 1. The second kappa shape index (κ2) is 9.74. The molecule has 2 N–H and O–H groups in total. The van der Waals surface area contributed by atoms with E-state index in [4.69, 9.17) is 9.72 Å². The summed E-state index contributed by atoms with van der Waals surface area (Å²) >= 11 is 0. The van der Waals surface area contributed by atoms with Gasteiger partial charge < -0.3 is 15.4 Å². The van der Waals surface area contributed by atoms with Crippen LogP contribution in [0.25, 0.3) is 11.3 Å². The van der Waals surface area contributed by atoms with Gasteiger partial charge in [-0.15, -0.1) is 0 Å². The van der Waals surface area contributed by atoms with E-state index in [0.29, 0.717) is 12.0 Å². The number of aromatic nitrogens is 2. The van der Waals surface area contributed by atoms with Gasteiger partial charge in [-0.05, 0) is 31.4 Å². The average molecular weight is 377 g/mol. The fourth-order valence-corrected chi connectivity index (χ4v) is 2.92. The molecule has 1 atom stereocenters. The molecule has 2 aromatic carbocycles. The molecular weight excluding hydrogens is 348 g/mol. The number of methoxy groups -OCH3 is 1. The van der Waals surface area contributed by atoms with E-state index in [1.807, 2.05) is 42.5 Å². The summed E-state index contributed by atoms with van der Waals surface area (Å²) < 4.78 is 5.44. The molecule has 0 saturated carbocycles. The molecule has 0 fully saturated rings. The second-order valence-corrected chi connectivity index (χ2v) is 6.77. The van der Waals surface area contributed by atoms with Crippen LogP contribution in [0.1, 0.15) is 25.8 Å². The lowest BCUT2D eigenvalue weighted by Crippen LogP contribution is -2.17. The zero-order valence-electron chi connectivity index (χ0n) is 16.8. The van der Waals surface area contributed by atoms with Crippen molar-refractivity contribution in [1.29, 1.82) is 0 Å². The van der Waals surface area contributed by atoms with Crippen LogP contribution in [0.4, 0.5) is 11.8 Å². The molecule has 3 aromatic rings. The maximum atomic E-state index is 5.44. The monoisotopic (exact) mass is 376 g/mol. The van der Waals surface area contributed by atoms with Gasteiger partial charge >= 0.3 is 0 Å². The molecule has 0 aliphatic heterocycles. The predicted octanol–water partition coefficient (Wildman–Crippen LogP) is 5.02. The number of benzene rings is 2. The molecule has 0 bridgehead atoms. The molecule has 5 heteroatoms. The highest BCUT2D eigenvalue weighted by Crippen LogP contribution is 2.22. The van der Waals surface area contributed by atoms with Gasteiger partial charge in [-0.3, -0.25) is 0 Å². The lowest BCUT2D eigenvalue weighted by Gasteiger charge is -2.15. The van der Waals surface area contributed by atoms with Crippen LogP contribution in [0, 0.1) is 0 Å². The van der Waals surface area contributed by atoms with E-state index in [-0.39, 0.29) is 0 Å². The first-order valence-electron chi connectivity index (χ1n) is 9.76. The Labute approximate surface area is 167 Å². The molecule has 0 aliphatic rings. The largest absolute Gasteiger partial charge is 0.496 e. The van der Waals surface area contributed by atoms with Crippen molar-refractivity contribution in [2.24, 2.45) is 0 Å². The van der Waals surface area contributed by atoms with Crippen LogP contribution in [0.15, 0.2) is 60.7 Å². The standard InChI is InChI=1S/C23H28N4O/c1-4-17(2)25-23-26-20(18-10-6-5-7-11-18)16-22(27-23)24-15-14-19-12-8-9-13-21(19)28-3/h5-13,16-17H,4,14-15H2,1-3H3,(H2,24,25,26,27). The fourth-order valence-electron chi connectivity index (χ4n) is 2.92. The zero-order chi connectivity index (χ0) is 19.8. The van der Waals surface area contributed by atoms with E-state index in [1.165, 1.54) is 5.56 Å². The molecule has 0 saturated heterocycles. The Hall–Kier alpha value is -3.08. The van der Waals surface area contributed by atoms with Crippen LogP contribution in [0.5, 0.6) is 5.75 Å². The number of nitrogens with zero attached hydrogens (tertiary/aromatic N) is 2. The van der Waals surface area contributed by atoms with Gasteiger partial charge in [0.25, 0.3) is 0 Å². The minimum Gasteiger partial charge on any atom is -0.496 e. The van der Waals surface area contributed by atoms with E-state index in [2.05, 4.69) is 47.7 Å². The summed E-state index contributed by atoms with van der Waals surface area (Å²) in [6.45, 7) is 5.03. The molecule has 0 radical (unpaired) electrons. The lowest BCUT2D eigenvalue weighted by atomic mass is 10.1. The molecule has 5 nitrogen and oxygen atoms in total. The summed E-state index contributed by atoms with van der Waals surface area (Å²) in [7, 11) is 1.70. The Kier molecular flexibility index (Phi) is 6.84. The van der Waals surface area contributed by atoms with Crippen molar-refractivity contribution in [1.82, 2.24) is 9.97 Å². The van der Waals surface area contributed by atoms with Crippen molar-refractivity contribution in [2.45, 2.75) is 32.7 Å². The third kappa shape index (κ3) is 5.22. The third-order valence-electron chi connectivity index (χ3n) is 4.68. The maximum absolute atomic E-state index is 5.44. The smallest absolute Gasteiger partial charge is 0.225 e. The van der Waals surface area contributed by atoms with Crippen LogP contribution in [-0.2, 0) is 6.42 Å². The normalized spacial score (nSPS) is 11.7. The highest BCUT2D eigenvalue weighted by molar-refractivity contribution is 5.64. The van der Waals surface area contributed by atoms with Gasteiger partial charge in [0.05, 0.1) is 12.8 Å². The molecule has 0 amide bonds. The number of anilines is 2. The quantitative estimate of drug-likeness (QED) is 0.549. The van der Waals surface area contributed by atoms with E-state index in [1.54, 1.807) is 7.11 Å². The molecule has 1 unspecified atom stereocenters. The third-order valence-corrected chi connectivity index (χ3v) is 4.68. The Morgan fingerprint density at radius 1 is 1.00 bits per heavy atom. The van der Waals surface area contributed by atoms with Gasteiger partial charge in [0.2, 0.25) is 5.95 Å². The molecule has 1 aromatic heterocycles. The topological polar surface area (TPSA) is 59.1 Å². The van der Waals surface area contributed by atoms with Crippen molar-refractivity contribution >= 4 is 11.8 Å². The summed E-state index contributed by atoms with van der Waals surface area (Å²) in [6.07, 6.45) is 1.86. The lowest BCUT2D eigenvalue weighted by molar-refractivity contribution is 0.410. The summed E-state index contributed by atoms with van der Waals surface area (Å²) in [5, 5.41) is 6.83. The Balaban J connectivity index is 1.78. The molecule has 146 valence electrons. The van der Waals surface area contributed by atoms with Crippen LogP contribution >= 0.6 is 0 Å². The summed E-state index contributed by atoms with van der Waals surface area (Å²) in [5.41, 5.74) is 3.15. The molecular formula is C23H28N4O. The maximum Gasteiger partial charge on any atom is 0.225 e. The van der Waals surface area contributed by atoms with Crippen molar-refractivity contribution in [3.63, 3.8) is 0 Å². The summed E-state index contributed by atoms with van der Waals surface area (Å²) in [5.74, 6) is 2.38. The van der Waals surface area contributed by atoms with Crippen LogP contribution in [0.3, 0.4) is 0 Å². The average Bonchev–Trinajstić information content (AvgIpc) is 2.74. The van der Waals surface area contributed by atoms with E-state index >= 15 is 0 Å². The number of hydrogen-bond acceptors (Lipinski definition) is 5. The Morgan fingerprint density at radius 2 is 1.75 bits per heavy atom. The van der Waals surface area contributed by atoms with Gasteiger partial charge in [0.15, 0.2) is 0 Å². The minimum atomic E-state index is 0.312. The Bertz CT molecular complexity index is 883. The second-order valence-electron chi connectivity index (χ2n) is 6.77. The fraction of sp³-hybridized carbons (Fsp3) is 0.304. The molecule has 1 heterocycles. The van der Waals surface area contributed by atoms with E-state index in [0.717, 1.165) is 42.2 Å². The van der Waals surface area contributed by atoms with Crippen LogP contribution in [-0.4, -0.2) is 29.7 Å². The zero-order valence-corrected chi connectivity index (χ0v) is 16.8. The van der Waals surface area contributed by atoms with Crippen LogP contribution < -0.4 is 15.4 Å². The van der Waals surface area contributed by atoms with Crippen molar-refractivity contribution in [3.8, 4) is 17.0 Å². The van der Waals surface area contributed by atoms with Gasteiger partial charge in [-0.2, -0.15) is 4.98 Å². The van der Waals surface area contributed by atoms with E-state index < -0.39 is 0 Å². The number of nitrogens with one attached hydrogen (secondary N) is 2. The number of hydrogen-bond donors (Lipinski definition) is 2. The first-order valence-corrected chi connectivity index (χ1v) is 9.76. The molecule has 0 spiro atoms. The molecule has 3 rings (SSSR count). The van der Waals surface area contributed by atoms with Gasteiger partial charge in [0.1, 0.15) is 11.6 Å². The number of para-hydroxylation sites is 1. The Morgan fingerprint density at radius 3 is 2.50 bits per heavy atom. The van der Waals surface area contributed by atoms with Crippen molar-refractivity contribution in [3.05, 3.63) is 66.2 Å². The predicted molar refractivity (Wildman–Crippen MR) is 116 cm³/mol. The highest BCUT2D eigenvalue weighted by Gasteiger charge is 2.09. The number of rotatable bonds is 9. The first kappa shape index (κ1) is 19.7. The summed E-state index contributed by atoms with van der Waals surface area (Å²) in [6, 6.07) is 20.6. The highest BCUT2D eigenvalue weighted by atomic mass is 16.5. The first-order chi connectivity index (χ1) is 13.7. The summed E-state index contributed by atoms with van der Waals surface area (Å²) in [4.78, 5) is 9.36. The van der Waals surface area contributed by atoms with Crippen LogP contribution in [0.2, 0.25) is 0 Å². The van der Waals surface area contributed by atoms with Crippen molar-refractivity contribution < 1.29 is 4.74 Å². The van der Waals surface area contributed by atoms with Gasteiger partial charge in [0, 0.05) is 24.2 Å². The minimum absolute atomic E-state index is 0.312. The molecule has 0 aliphatic carbocycles.